The van der Waals surface area contributed by atoms with E-state index in [0.717, 1.165) is 0 Å². The van der Waals surface area contributed by atoms with Gasteiger partial charge in [-0.05, 0) is 0 Å². The van der Waals surface area contributed by atoms with Crippen LogP contribution in [0.25, 0.3) is 0 Å². The first-order valence-electron chi connectivity index (χ1n) is 4.12. The van der Waals surface area contributed by atoms with Crippen molar-refractivity contribution < 1.29 is 4.79 Å². The molecule has 1 amide bonds. The van der Waals surface area contributed by atoms with E-state index in [9.17, 15) is 4.79 Å². The van der Waals surface area contributed by atoms with Crippen molar-refractivity contribution in [3.8, 4) is 0 Å². The third-order valence-electron chi connectivity index (χ3n) is 1.71. The molecule has 76 valence electrons. The maximum Gasteiger partial charge on any atom is 0.239 e. The number of nitrogens with two attached hydrogens (primary N) is 1. The summed E-state index contributed by atoms with van der Waals surface area (Å²) in [6, 6.07) is 0. The summed E-state index contributed by atoms with van der Waals surface area (Å²) in [6.07, 6.45) is 2.98. The molecule has 0 atom stereocenters. The van der Waals surface area contributed by atoms with Crippen LogP contribution in [0.15, 0.2) is 12.4 Å². The summed E-state index contributed by atoms with van der Waals surface area (Å²) in [6.45, 7) is 0.245. The second kappa shape index (κ2) is 4.40. The number of nitrogen functional groups attached to an aromatic ring is 1. The molecule has 0 aliphatic heterocycles. The quantitative estimate of drug-likeness (QED) is 0.662. The van der Waals surface area contributed by atoms with Crippen LogP contribution in [-0.4, -0.2) is 36.5 Å². The average molecular weight is 195 g/mol. The van der Waals surface area contributed by atoms with E-state index in [1.807, 2.05) is 0 Å². The van der Waals surface area contributed by atoms with Gasteiger partial charge < -0.3 is 16.0 Å². The number of amides is 1. The Labute approximate surface area is 82.1 Å². The van der Waals surface area contributed by atoms with Crippen molar-refractivity contribution in [3.05, 3.63) is 12.4 Å². The largest absolute Gasteiger partial charge is 0.382 e. The number of nitrogens with zero attached hydrogens (tertiary/aromatic N) is 3. The zero-order valence-corrected chi connectivity index (χ0v) is 8.19. The standard InChI is InChI=1S/C8H13N5O/c1-10-8(14)5-13(2)7-4-11-6(9)3-12-7/h3-4H,5H2,1-2H3,(H2,9,11)(H,10,14). The first-order valence-corrected chi connectivity index (χ1v) is 4.12. The van der Waals surface area contributed by atoms with Crippen LogP contribution in [0.5, 0.6) is 0 Å². The molecular formula is C8H13N5O. The number of hydrogen-bond acceptors (Lipinski definition) is 5. The van der Waals surface area contributed by atoms with Gasteiger partial charge in [-0.15, -0.1) is 0 Å². The van der Waals surface area contributed by atoms with Crippen molar-refractivity contribution >= 4 is 17.5 Å². The van der Waals surface area contributed by atoms with Crippen molar-refractivity contribution in [2.24, 2.45) is 0 Å². The normalized spacial score (nSPS) is 9.57. The van der Waals surface area contributed by atoms with Crippen molar-refractivity contribution in [1.82, 2.24) is 15.3 Å². The van der Waals surface area contributed by atoms with Crippen LogP contribution in [0, 0.1) is 0 Å². The van der Waals surface area contributed by atoms with Crippen LogP contribution in [0.3, 0.4) is 0 Å². The smallest absolute Gasteiger partial charge is 0.239 e. The lowest BCUT2D eigenvalue weighted by atomic mass is 10.5. The van der Waals surface area contributed by atoms with Crippen molar-refractivity contribution in [2.45, 2.75) is 0 Å². The highest BCUT2D eigenvalue weighted by molar-refractivity contribution is 5.80. The molecule has 0 aromatic carbocycles. The number of carbonyl (C=O) groups is 1. The molecule has 0 bridgehead atoms. The molecule has 3 N–H and O–H groups in total. The highest BCUT2D eigenvalue weighted by atomic mass is 16.1. The minimum atomic E-state index is -0.0777. The van der Waals surface area contributed by atoms with E-state index in [2.05, 4.69) is 15.3 Å². The molecule has 0 unspecified atom stereocenters. The van der Waals surface area contributed by atoms with Gasteiger partial charge in [-0.2, -0.15) is 0 Å². The van der Waals surface area contributed by atoms with Gasteiger partial charge in [0.1, 0.15) is 11.6 Å². The number of nitrogens with one attached hydrogen (secondary N) is 1. The van der Waals surface area contributed by atoms with E-state index >= 15 is 0 Å². The average Bonchev–Trinajstić information content (AvgIpc) is 2.18. The van der Waals surface area contributed by atoms with Crippen molar-refractivity contribution in [2.75, 3.05) is 31.3 Å². The molecule has 1 heterocycles. The summed E-state index contributed by atoms with van der Waals surface area (Å²) < 4.78 is 0. The SMILES string of the molecule is CNC(=O)CN(C)c1cnc(N)cn1. The molecule has 6 heteroatoms. The number of hydrogen-bond donors (Lipinski definition) is 2. The van der Waals surface area contributed by atoms with Gasteiger partial charge in [0, 0.05) is 14.1 Å². The topological polar surface area (TPSA) is 84.1 Å². The summed E-state index contributed by atoms with van der Waals surface area (Å²) in [4.78, 5) is 20.6. The second-order valence-electron chi connectivity index (χ2n) is 2.83. The Morgan fingerprint density at radius 1 is 1.57 bits per heavy atom. The van der Waals surface area contributed by atoms with E-state index in [0.29, 0.717) is 11.6 Å². The van der Waals surface area contributed by atoms with E-state index in [-0.39, 0.29) is 12.5 Å². The fourth-order valence-electron chi connectivity index (χ4n) is 0.904. The van der Waals surface area contributed by atoms with Gasteiger partial charge in [0.15, 0.2) is 0 Å². The summed E-state index contributed by atoms with van der Waals surface area (Å²) in [7, 11) is 3.35. The van der Waals surface area contributed by atoms with Crippen LogP contribution >= 0.6 is 0 Å². The Morgan fingerprint density at radius 3 is 2.79 bits per heavy atom. The fraction of sp³-hybridized carbons (Fsp3) is 0.375. The van der Waals surface area contributed by atoms with Crippen LogP contribution < -0.4 is 16.0 Å². The van der Waals surface area contributed by atoms with Gasteiger partial charge in [-0.3, -0.25) is 4.79 Å². The molecule has 0 radical (unpaired) electrons. The fourth-order valence-corrected chi connectivity index (χ4v) is 0.904. The molecular weight excluding hydrogens is 182 g/mol. The summed E-state index contributed by atoms with van der Waals surface area (Å²) in [5.41, 5.74) is 5.38. The van der Waals surface area contributed by atoms with Gasteiger partial charge >= 0.3 is 0 Å². The van der Waals surface area contributed by atoms with Crippen LogP contribution in [0.2, 0.25) is 0 Å². The summed E-state index contributed by atoms with van der Waals surface area (Å²) >= 11 is 0. The lowest BCUT2D eigenvalue weighted by Gasteiger charge is -2.16. The highest BCUT2D eigenvalue weighted by Gasteiger charge is 2.06. The van der Waals surface area contributed by atoms with Crippen LogP contribution in [0.4, 0.5) is 11.6 Å². The monoisotopic (exact) mass is 195 g/mol. The molecule has 0 saturated carbocycles. The number of likely N-dealkylation sites (N-methyl/N-ethyl adjacent to an activating group) is 2. The number of aromatic nitrogens is 2. The maximum atomic E-state index is 11.0. The lowest BCUT2D eigenvalue weighted by molar-refractivity contribution is -0.119. The minimum absolute atomic E-state index is 0.0777. The highest BCUT2D eigenvalue weighted by Crippen LogP contribution is 2.06. The van der Waals surface area contributed by atoms with E-state index in [1.54, 1.807) is 19.0 Å². The Morgan fingerprint density at radius 2 is 2.29 bits per heavy atom. The molecule has 0 aliphatic rings. The molecule has 0 fully saturated rings. The maximum absolute atomic E-state index is 11.0. The molecule has 14 heavy (non-hydrogen) atoms. The summed E-state index contributed by atoms with van der Waals surface area (Å²) in [5, 5.41) is 2.52. The Kier molecular flexibility index (Phi) is 3.22. The molecule has 6 nitrogen and oxygen atoms in total. The third kappa shape index (κ3) is 2.58. The molecule has 1 aromatic heterocycles. The summed E-state index contributed by atoms with van der Waals surface area (Å²) in [5.74, 6) is 0.899. The van der Waals surface area contributed by atoms with Gasteiger partial charge in [0.05, 0.1) is 18.9 Å². The molecule has 0 spiro atoms. The van der Waals surface area contributed by atoms with Gasteiger partial charge in [-0.1, -0.05) is 0 Å². The van der Waals surface area contributed by atoms with Crippen molar-refractivity contribution in [3.63, 3.8) is 0 Å². The molecule has 0 saturated heterocycles. The zero-order valence-electron chi connectivity index (χ0n) is 8.19. The van der Waals surface area contributed by atoms with E-state index in [1.165, 1.54) is 12.4 Å². The molecule has 0 aliphatic carbocycles. The lowest BCUT2D eigenvalue weighted by Crippen LogP contribution is -2.33. The third-order valence-corrected chi connectivity index (χ3v) is 1.71. The van der Waals surface area contributed by atoms with Gasteiger partial charge in [0.2, 0.25) is 5.91 Å². The Bertz CT molecular complexity index is 310. The Balaban J connectivity index is 2.65. The predicted octanol–water partition coefficient (Wildman–Crippen LogP) is -0.759. The molecule has 1 rings (SSSR count). The van der Waals surface area contributed by atoms with Crippen molar-refractivity contribution in [1.29, 1.82) is 0 Å². The van der Waals surface area contributed by atoms with Gasteiger partial charge in [0.25, 0.3) is 0 Å². The zero-order chi connectivity index (χ0) is 10.6. The number of carbonyl (C=O) groups excluding carboxylic acids is 1. The van der Waals surface area contributed by atoms with Gasteiger partial charge in [-0.25, -0.2) is 9.97 Å². The van der Waals surface area contributed by atoms with Crippen LogP contribution in [0.1, 0.15) is 0 Å². The first kappa shape index (κ1) is 10.2. The Hall–Kier alpha value is -1.85. The molecule has 1 aromatic rings. The number of anilines is 2. The van der Waals surface area contributed by atoms with Crippen LogP contribution in [-0.2, 0) is 4.79 Å². The van der Waals surface area contributed by atoms with E-state index < -0.39 is 0 Å². The minimum Gasteiger partial charge on any atom is -0.382 e. The van der Waals surface area contributed by atoms with E-state index in [4.69, 9.17) is 5.73 Å². The predicted molar refractivity (Wildman–Crippen MR) is 53.8 cm³/mol. The first-order chi connectivity index (χ1) is 6.63. The second-order valence-corrected chi connectivity index (χ2v) is 2.83. The number of rotatable bonds is 3.